The zero-order valence-corrected chi connectivity index (χ0v) is 9.39. The van der Waals surface area contributed by atoms with E-state index >= 15 is 0 Å². The number of ether oxygens (including phenoxy) is 2. The van der Waals surface area contributed by atoms with Crippen molar-refractivity contribution >= 4 is 29.0 Å². The molecule has 0 aliphatic rings. The van der Waals surface area contributed by atoms with Gasteiger partial charge < -0.3 is 9.47 Å². The highest BCUT2D eigenvalue weighted by atomic mass is 35.5. The molecule has 0 N–H and O–H groups in total. The van der Waals surface area contributed by atoms with Crippen LogP contribution in [0, 0.1) is 0 Å². The molecule has 0 fully saturated rings. The second-order valence-electron chi connectivity index (χ2n) is 2.52. The van der Waals surface area contributed by atoms with Gasteiger partial charge >= 0.3 is 0 Å². The van der Waals surface area contributed by atoms with Gasteiger partial charge in [0, 0.05) is 5.56 Å². The SMILES string of the molecule is COC(=C(Cl)Cl)c1ccc(OC)cc1. The van der Waals surface area contributed by atoms with Gasteiger partial charge in [-0.2, -0.15) is 0 Å². The summed E-state index contributed by atoms with van der Waals surface area (Å²) >= 11 is 11.3. The van der Waals surface area contributed by atoms with E-state index in [1.165, 1.54) is 7.11 Å². The highest BCUT2D eigenvalue weighted by Gasteiger charge is 2.05. The number of rotatable bonds is 3. The van der Waals surface area contributed by atoms with Crippen LogP contribution in [0.3, 0.4) is 0 Å². The second-order valence-corrected chi connectivity index (χ2v) is 3.47. The van der Waals surface area contributed by atoms with Gasteiger partial charge in [0.1, 0.15) is 10.2 Å². The molecule has 2 nitrogen and oxygen atoms in total. The molecular weight excluding hydrogens is 223 g/mol. The summed E-state index contributed by atoms with van der Waals surface area (Å²) in [5, 5.41) is 0. The van der Waals surface area contributed by atoms with Crippen molar-refractivity contribution in [3.05, 3.63) is 34.3 Å². The molecule has 76 valence electrons. The maximum Gasteiger partial charge on any atom is 0.156 e. The van der Waals surface area contributed by atoms with E-state index in [1.807, 2.05) is 24.3 Å². The smallest absolute Gasteiger partial charge is 0.156 e. The number of methoxy groups -OCH3 is 2. The van der Waals surface area contributed by atoms with Gasteiger partial charge in [0.05, 0.1) is 14.2 Å². The quantitative estimate of drug-likeness (QED) is 0.744. The van der Waals surface area contributed by atoms with Crippen molar-refractivity contribution in [2.45, 2.75) is 0 Å². The Balaban J connectivity index is 3.02. The van der Waals surface area contributed by atoms with Crippen molar-refractivity contribution in [3.8, 4) is 5.75 Å². The van der Waals surface area contributed by atoms with Crippen molar-refractivity contribution in [1.82, 2.24) is 0 Å². The van der Waals surface area contributed by atoms with Crippen molar-refractivity contribution < 1.29 is 9.47 Å². The van der Waals surface area contributed by atoms with Crippen LogP contribution in [0.15, 0.2) is 28.8 Å². The molecule has 0 atom stereocenters. The maximum absolute atomic E-state index is 5.64. The molecule has 0 spiro atoms. The average Bonchev–Trinajstić information content (AvgIpc) is 2.19. The summed E-state index contributed by atoms with van der Waals surface area (Å²) in [5.41, 5.74) is 0.813. The molecule has 0 radical (unpaired) electrons. The largest absolute Gasteiger partial charge is 0.497 e. The average molecular weight is 233 g/mol. The Morgan fingerprint density at radius 1 is 1.07 bits per heavy atom. The first-order valence-corrected chi connectivity index (χ1v) is 4.68. The summed E-state index contributed by atoms with van der Waals surface area (Å²) < 4.78 is 10.2. The molecule has 0 saturated carbocycles. The summed E-state index contributed by atoms with van der Waals surface area (Å²) in [5.74, 6) is 1.23. The second kappa shape index (κ2) is 5.13. The number of hydrogen-bond donors (Lipinski definition) is 0. The number of benzene rings is 1. The van der Waals surface area contributed by atoms with Gasteiger partial charge in [0.2, 0.25) is 0 Å². The third-order valence-corrected chi connectivity index (χ3v) is 2.07. The summed E-state index contributed by atoms with van der Waals surface area (Å²) in [7, 11) is 3.13. The molecule has 14 heavy (non-hydrogen) atoms. The minimum Gasteiger partial charge on any atom is -0.497 e. The first-order valence-electron chi connectivity index (χ1n) is 3.92. The van der Waals surface area contributed by atoms with Gasteiger partial charge in [0.15, 0.2) is 5.76 Å². The minimum atomic E-state index is 0.109. The van der Waals surface area contributed by atoms with Gasteiger partial charge in [-0.3, -0.25) is 0 Å². The van der Waals surface area contributed by atoms with E-state index in [4.69, 9.17) is 32.7 Å². The van der Waals surface area contributed by atoms with Crippen molar-refractivity contribution in [1.29, 1.82) is 0 Å². The van der Waals surface area contributed by atoms with Crippen LogP contribution < -0.4 is 4.74 Å². The Morgan fingerprint density at radius 3 is 2.00 bits per heavy atom. The van der Waals surface area contributed by atoms with Crippen LogP contribution in [0.25, 0.3) is 5.76 Å². The van der Waals surface area contributed by atoms with E-state index in [-0.39, 0.29) is 4.49 Å². The molecule has 1 aromatic carbocycles. The van der Waals surface area contributed by atoms with Gasteiger partial charge in [-0.1, -0.05) is 23.2 Å². The summed E-state index contributed by atoms with van der Waals surface area (Å²) in [6.45, 7) is 0. The maximum atomic E-state index is 5.64. The van der Waals surface area contributed by atoms with E-state index in [9.17, 15) is 0 Å². The summed E-state index contributed by atoms with van der Waals surface area (Å²) in [6.07, 6.45) is 0. The normalized spacial score (nSPS) is 9.43. The Labute approximate surface area is 93.0 Å². The predicted octanol–water partition coefficient (Wildman–Crippen LogP) is 3.45. The lowest BCUT2D eigenvalue weighted by Crippen LogP contribution is -1.89. The van der Waals surface area contributed by atoms with E-state index < -0.39 is 0 Å². The monoisotopic (exact) mass is 232 g/mol. The summed E-state index contributed by atoms with van der Waals surface area (Å²) in [6, 6.07) is 7.26. The van der Waals surface area contributed by atoms with Crippen molar-refractivity contribution in [2.24, 2.45) is 0 Å². The van der Waals surface area contributed by atoms with Crippen molar-refractivity contribution in [2.75, 3.05) is 14.2 Å². The minimum absolute atomic E-state index is 0.109. The van der Waals surface area contributed by atoms with Crippen LogP contribution in [-0.2, 0) is 4.74 Å². The number of halogens is 2. The van der Waals surface area contributed by atoms with Crippen LogP contribution in [0.4, 0.5) is 0 Å². The van der Waals surface area contributed by atoms with Gasteiger partial charge in [0.25, 0.3) is 0 Å². The summed E-state index contributed by atoms with van der Waals surface area (Å²) in [4.78, 5) is 0. The van der Waals surface area contributed by atoms with E-state index in [0.29, 0.717) is 5.76 Å². The molecule has 0 aromatic heterocycles. The first kappa shape index (κ1) is 11.2. The fourth-order valence-electron chi connectivity index (χ4n) is 1.05. The van der Waals surface area contributed by atoms with Crippen LogP contribution in [0.1, 0.15) is 5.56 Å². The molecule has 1 aromatic rings. The van der Waals surface area contributed by atoms with Crippen LogP contribution >= 0.6 is 23.2 Å². The lowest BCUT2D eigenvalue weighted by Gasteiger charge is -2.07. The first-order chi connectivity index (χ1) is 6.69. The Hall–Kier alpha value is -0.860. The standard InChI is InChI=1S/C10H10Cl2O2/c1-13-8-5-3-7(4-6-8)9(14-2)10(11)12/h3-6H,1-2H3. The highest BCUT2D eigenvalue weighted by Crippen LogP contribution is 2.26. The molecule has 0 saturated heterocycles. The molecule has 0 aliphatic carbocycles. The highest BCUT2D eigenvalue weighted by molar-refractivity contribution is 6.58. The Morgan fingerprint density at radius 2 is 1.64 bits per heavy atom. The predicted molar refractivity (Wildman–Crippen MR) is 58.6 cm³/mol. The topological polar surface area (TPSA) is 18.5 Å². The zero-order chi connectivity index (χ0) is 10.6. The van der Waals surface area contributed by atoms with Crippen LogP contribution in [0.2, 0.25) is 0 Å². The van der Waals surface area contributed by atoms with E-state index in [2.05, 4.69) is 0 Å². The van der Waals surface area contributed by atoms with E-state index in [0.717, 1.165) is 11.3 Å². The fourth-order valence-corrected chi connectivity index (χ4v) is 1.42. The Bertz CT molecular complexity index is 326. The molecule has 0 amide bonds. The molecule has 0 bridgehead atoms. The molecule has 0 unspecified atom stereocenters. The van der Waals surface area contributed by atoms with Gasteiger partial charge in [-0.05, 0) is 24.3 Å². The molecule has 4 heteroatoms. The molecule has 1 rings (SSSR count). The fraction of sp³-hybridized carbons (Fsp3) is 0.200. The Kier molecular flexibility index (Phi) is 4.11. The number of hydrogen-bond acceptors (Lipinski definition) is 2. The molecule has 0 heterocycles. The van der Waals surface area contributed by atoms with Gasteiger partial charge in [-0.25, -0.2) is 0 Å². The van der Waals surface area contributed by atoms with Crippen LogP contribution in [-0.4, -0.2) is 14.2 Å². The lowest BCUT2D eigenvalue weighted by molar-refractivity contribution is 0.369. The molecular formula is C10H10Cl2O2. The van der Waals surface area contributed by atoms with Crippen LogP contribution in [0.5, 0.6) is 5.75 Å². The molecule has 0 aliphatic heterocycles. The van der Waals surface area contributed by atoms with Crippen molar-refractivity contribution in [3.63, 3.8) is 0 Å². The third-order valence-electron chi connectivity index (χ3n) is 1.73. The lowest BCUT2D eigenvalue weighted by atomic mass is 10.2. The zero-order valence-electron chi connectivity index (χ0n) is 7.88. The third kappa shape index (κ3) is 2.56. The van der Waals surface area contributed by atoms with E-state index in [1.54, 1.807) is 7.11 Å². The van der Waals surface area contributed by atoms with Gasteiger partial charge in [-0.15, -0.1) is 0 Å².